The number of aryl methyl sites for hydroxylation is 1. The molecular weight excluding hydrogens is 270 g/mol. The van der Waals surface area contributed by atoms with Crippen LogP contribution >= 0.6 is 0 Å². The van der Waals surface area contributed by atoms with Gasteiger partial charge in [0.15, 0.2) is 12.2 Å². The van der Waals surface area contributed by atoms with Gasteiger partial charge in [-0.3, -0.25) is 10.1 Å². The van der Waals surface area contributed by atoms with Crippen LogP contribution in [0.5, 0.6) is 5.75 Å². The molecule has 0 aliphatic rings. The molecular formula is C11H9N3O6. The van der Waals surface area contributed by atoms with E-state index in [0.717, 1.165) is 6.07 Å². The number of hydrogen-bond donors (Lipinski definition) is 1. The monoisotopic (exact) mass is 279 g/mol. The fourth-order valence-corrected chi connectivity index (χ4v) is 1.55. The summed E-state index contributed by atoms with van der Waals surface area (Å²) in [6.07, 6.45) is 0. The second-order valence-electron chi connectivity index (χ2n) is 3.73. The molecule has 20 heavy (non-hydrogen) atoms. The highest BCUT2D eigenvalue weighted by atomic mass is 16.6. The molecule has 0 aliphatic heterocycles. The molecule has 0 fully saturated rings. The zero-order chi connectivity index (χ0) is 14.7. The first kappa shape index (κ1) is 13.5. The van der Waals surface area contributed by atoms with Gasteiger partial charge < -0.3 is 14.4 Å². The number of aromatic nitrogens is 2. The number of nitro benzene ring substituents is 1. The maximum atomic E-state index is 11.1. The van der Waals surface area contributed by atoms with Crippen LogP contribution in [0.4, 0.5) is 5.69 Å². The Morgan fingerprint density at radius 3 is 2.85 bits per heavy atom. The van der Waals surface area contributed by atoms with Crippen molar-refractivity contribution >= 4 is 11.7 Å². The molecule has 9 heteroatoms. The number of nitrogens with zero attached hydrogens (tertiary/aromatic N) is 3. The molecule has 9 nitrogen and oxygen atoms in total. The van der Waals surface area contributed by atoms with Crippen molar-refractivity contribution in [2.24, 2.45) is 0 Å². The predicted octanol–water partition coefficient (Wildman–Crippen LogP) is 1.56. The minimum Gasteiger partial charge on any atom is -0.484 e. The second-order valence-corrected chi connectivity index (χ2v) is 3.73. The molecule has 0 saturated heterocycles. The zero-order valence-corrected chi connectivity index (χ0v) is 10.3. The molecule has 0 unspecified atom stereocenters. The Kier molecular flexibility index (Phi) is 3.60. The van der Waals surface area contributed by atoms with Crippen molar-refractivity contribution in [2.45, 2.75) is 13.5 Å². The lowest BCUT2D eigenvalue weighted by Crippen LogP contribution is -2.07. The van der Waals surface area contributed by atoms with E-state index in [9.17, 15) is 14.9 Å². The summed E-state index contributed by atoms with van der Waals surface area (Å²) in [4.78, 5) is 25.0. The molecule has 0 amide bonds. The van der Waals surface area contributed by atoms with Crippen LogP contribution in [0.15, 0.2) is 22.7 Å². The van der Waals surface area contributed by atoms with Crippen LogP contribution in [0.3, 0.4) is 0 Å². The number of carboxylic acid groups (broad SMARTS) is 1. The number of nitro groups is 1. The van der Waals surface area contributed by atoms with Gasteiger partial charge in [-0.1, -0.05) is 11.2 Å². The van der Waals surface area contributed by atoms with Gasteiger partial charge in [0.25, 0.3) is 5.69 Å². The van der Waals surface area contributed by atoms with E-state index in [1.165, 1.54) is 12.1 Å². The van der Waals surface area contributed by atoms with E-state index in [2.05, 4.69) is 10.1 Å². The van der Waals surface area contributed by atoms with Gasteiger partial charge in [-0.25, -0.2) is 4.79 Å². The molecule has 0 radical (unpaired) electrons. The Labute approximate surface area is 111 Å². The van der Waals surface area contributed by atoms with Crippen molar-refractivity contribution in [3.8, 4) is 5.75 Å². The van der Waals surface area contributed by atoms with Gasteiger partial charge in [0.1, 0.15) is 5.75 Å². The van der Waals surface area contributed by atoms with Gasteiger partial charge in [-0.15, -0.1) is 0 Å². The number of carboxylic acids is 1. The Hall–Kier alpha value is -2.97. The number of hydrogen-bond acceptors (Lipinski definition) is 7. The first-order chi connectivity index (χ1) is 9.49. The molecule has 2 rings (SSSR count). The van der Waals surface area contributed by atoms with Crippen LogP contribution in [-0.4, -0.2) is 26.1 Å². The molecule has 0 bridgehead atoms. The summed E-state index contributed by atoms with van der Waals surface area (Å²) in [5, 5.41) is 23.4. The van der Waals surface area contributed by atoms with E-state index in [4.69, 9.17) is 14.4 Å². The molecule has 0 saturated carbocycles. The van der Waals surface area contributed by atoms with Crippen molar-refractivity contribution < 1.29 is 24.1 Å². The standard InChI is InChI=1S/C11H9N3O6/c1-6-12-9(13-20-6)5-19-8-4-2-3-7(14(17)18)10(8)11(15)16/h2-4H,5H2,1H3,(H,15,16). The molecule has 104 valence electrons. The summed E-state index contributed by atoms with van der Waals surface area (Å²) in [7, 11) is 0. The topological polar surface area (TPSA) is 129 Å². The Balaban J connectivity index is 2.29. The van der Waals surface area contributed by atoms with Crippen LogP contribution in [0.2, 0.25) is 0 Å². The van der Waals surface area contributed by atoms with Crippen LogP contribution in [0, 0.1) is 17.0 Å². The van der Waals surface area contributed by atoms with E-state index >= 15 is 0 Å². The van der Waals surface area contributed by atoms with Crippen molar-refractivity contribution in [1.82, 2.24) is 10.1 Å². The molecule has 1 aromatic carbocycles. The Bertz CT molecular complexity index is 666. The van der Waals surface area contributed by atoms with Crippen LogP contribution < -0.4 is 4.74 Å². The number of ether oxygens (including phenoxy) is 1. The summed E-state index contributed by atoms with van der Waals surface area (Å²) in [6, 6.07) is 3.75. The molecule has 0 aliphatic carbocycles. The lowest BCUT2D eigenvalue weighted by atomic mass is 10.1. The summed E-state index contributed by atoms with van der Waals surface area (Å²) < 4.78 is 9.95. The highest BCUT2D eigenvalue weighted by Gasteiger charge is 2.24. The summed E-state index contributed by atoms with van der Waals surface area (Å²) in [6.45, 7) is 1.44. The fraction of sp³-hybridized carbons (Fsp3) is 0.182. The Morgan fingerprint density at radius 1 is 1.55 bits per heavy atom. The van der Waals surface area contributed by atoms with E-state index in [1.54, 1.807) is 6.92 Å². The average Bonchev–Trinajstić information content (AvgIpc) is 2.81. The van der Waals surface area contributed by atoms with Crippen molar-refractivity contribution in [2.75, 3.05) is 0 Å². The third-order valence-corrected chi connectivity index (χ3v) is 2.34. The first-order valence-corrected chi connectivity index (χ1v) is 5.41. The van der Waals surface area contributed by atoms with Gasteiger partial charge in [0, 0.05) is 13.0 Å². The first-order valence-electron chi connectivity index (χ1n) is 5.41. The van der Waals surface area contributed by atoms with Gasteiger partial charge >= 0.3 is 5.97 Å². The van der Waals surface area contributed by atoms with Crippen molar-refractivity contribution in [1.29, 1.82) is 0 Å². The minimum absolute atomic E-state index is 0.130. The third kappa shape index (κ3) is 2.71. The predicted molar refractivity (Wildman–Crippen MR) is 63.4 cm³/mol. The lowest BCUT2D eigenvalue weighted by molar-refractivity contribution is -0.385. The van der Waals surface area contributed by atoms with E-state index < -0.39 is 22.1 Å². The summed E-state index contributed by atoms with van der Waals surface area (Å²) in [5.41, 5.74) is -1.06. The van der Waals surface area contributed by atoms with E-state index in [0.29, 0.717) is 5.89 Å². The number of carbonyl (C=O) groups is 1. The maximum Gasteiger partial charge on any atom is 0.346 e. The molecule has 0 spiro atoms. The minimum atomic E-state index is -1.45. The largest absolute Gasteiger partial charge is 0.484 e. The number of aromatic carboxylic acids is 1. The molecule has 1 heterocycles. The second kappa shape index (κ2) is 5.34. The smallest absolute Gasteiger partial charge is 0.346 e. The fourth-order valence-electron chi connectivity index (χ4n) is 1.55. The van der Waals surface area contributed by atoms with Gasteiger partial charge in [-0.2, -0.15) is 4.98 Å². The highest BCUT2D eigenvalue weighted by molar-refractivity contribution is 5.95. The molecule has 2 aromatic rings. The SMILES string of the molecule is Cc1nc(COc2cccc([N+](=O)[O-])c2C(=O)O)no1. The van der Waals surface area contributed by atoms with E-state index in [1.807, 2.05) is 0 Å². The van der Waals surface area contributed by atoms with Crippen LogP contribution in [-0.2, 0) is 6.61 Å². The quantitative estimate of drug-likeness (QED) is 0.644. The highest BCUT2D eigenvalue weighted by Crippen LogP contribution is 2.28. The average molecular weight is 279 g/mol. The molecule has 0 atom stereocenters. The molecule has 1 N–H and O–H groups in total. The molecule has 1 aromatic heterocycles. The number of benzene rings is 1. The van der Waals surface area contributed by atoms with Gasteiger partial charge in [0.05, 0.1) is 4.92 Å². The zero-order valence-electron chi connectivity index (χ0n) is 10.3. The number of rotatable bonds is 5. The van der Waals surface area contributed by atoms with Crippen LogP contribution in [0.25, 0.3) is 0 Å². The van der Waals surface area contributed by atoms with Gasteiger partial charge in [0.2, 0.25) is 11.7 Å². The van der Waals surface area contributed by atoms with E-state index in [-0.39, 0.29) is 18.2 Å². The summed E-state index contributed by atoms with van der Waals surface area (Å²) >= 11 is 0. The van der Waals surface area contributed by atoms with Crippen LogP contribution in [0.1, 0.15) is 22.1 Å². The van der Waals surface area contributed by atoms with Crippen molar-refractivity contribution in [3.05, 3.63) is 45.6 Å². The maximum absolute atomic E-state index is 11.1. The normalized spacial score (nSPS) is 10.2. The Morgan fingerprint density at radius 2 is 2.30 bits per heavy atom. The lowest BCUT2D eigenvalue weighted by Gasteiger charge is -2.07. The third-order valence-electron chi connectivity index (χ3n) is 2.34. The summed E-state index contributed by atoms with van der Waals surface area (Å²) in [5.74, 6) is -1.03. The van der Waals surface area contributed by atoms with Gasteiger partial charge in [-0.05, 0) is 6.07 Å². The van der Waals surface area contributed by atoms with Crippen molar-refractivity contribution in [3.63, 3.8) is 0 Å².